The van der Waals surface area contributed by atoms with Gasteiger partial charge in [-0.25, -0.2) is 0 Å². The Morgan fingerprint density at radius 1 is 1.43 bits per heavy atom. The van der Waals surface area contributed by atoms with Crippen molar-refractivity contribution >= 4 is 5.82 Å². The summed E-state index contributed by atoms with van der Waals surface area (Å²) in [6.45, 7) is 6.58. The van der Waals surface area contributed by atoms with Crippen LogP contribution in [-0.4, -0.2) is 53.9 Å². The number of likely N-dealkylation sites (N-methyl/N-ethyl adjacent to an activating group) is 2. The fourth-order valence-corrected chi connectivity index (χ4v) is 3.40. The van der Waals surface area contributed by atoms with Gasteiger partial charge in [-0.3, -0.25) is 4.68 Å². The van der Waals surface area contributed by atoms with Crippen LogP contribution in [0.3, 0.4) is 0 Å². The zero-order valence-corrected chi connectivity index (χ0v) is 14.3. The molecule has 0 radical (unpaired) electrons. The molecule has 2 N–H and O–H groups in total. The Kier molecular flexibility index (Phi) is 5.27. The molecule has 0 aliphatic carbocycles. The van der Waals surface area contributed by atoms with Crippen LogP contribution in [0.25, 0.3) is 0 Å². The molecule has 1 aliphatic heterocycles. The number of aryl methyl sites for hydroxylation is 2. The molecule has 2 atom stereocenters. The molecule has 1 fully saturated rings. The van der Waals surface area contributed by atoms with Crippen molar-refractivity contribution in [1.29, 1.82) is 0 Å². The quantitative estimate of drug-likeness (QED) is 0.895. The minimum absolute atomic E-state index is 0.217. The van der Waals surface area contributed by atoms with Crippen LogP contribution in [-0.2, 0) is 13.5 Å². The van der Waals surface area contributed by atoms with Gasteiger partial charge in [0.05, 0.1) is 5.69 Å². The van der Waals surface area contributed by atoms with E-state index in [2.05, 4.69) is 42.8 Å². The van der Waals surface area contributed by atoms with E-state index in [-0.39, 0.29) is 6.04 Å². The monoisotopic (exact) mass is 293 g/mol. The summed E-state index contributed by atoms with van der Waals surface area (Å²) in [6.07, 6.45) is 4.44. The van der Waals surface area contributed by atoms with E-state index in [0.29, 0.717) is 6.04 Å². The van der Waals surface area contributed by atoms with Crippen molar-refractivity contribution in [3.63, 3.8) is 0 Å². The molecule has 1 aromatic heterocycles. The predicted molar refractivity (Wildman–Crippen MR) is 88.8 cm³/mol. The van der Waals surface area contributed by atoms with Crippen molar-refractivity contribution < 1.29 is 0 Å². The minimum atomic E-state index is 0.217. The van der Waals surface area contributed by atoms with Crippen molar-refractivity contribution in [1.82, 2.24) is 14.7 Å². The second-order valence-electron chi connectivity index (χ2n) is 6.55. The number of likely N-dealkylation sites (tertiary alicyclic amines) is 1. The summed E-state index contributed by atoms with van der Waals surface area (Å²) in [5.41, 5.74) is 8.63. The molecule has 1 saturated heterocycles. The lowest BCUT2D eigenvalue weighted by Crippen LogP contribution is -2.46. The van der Waals surface area contributed by atoms with Gasteiger partial charge in [0, 0.05) is 38.3 Å². The third-order valence-corrected chi connectivity index (χ3v) is 4.79. The van der Waals surface area contributed by atoms with Crippen LogP contribution in [0.4, 0.5) is 5.82 Å². The summed E-state index contributed by atoms with van der Waals surface area (Å²) in [5, 5.41) is 4.64. The van der Waals surface area contributed by atoms with Crippen molar-refractivity contribution in [3.8, 4) is 0 Å². The standard InChI is InChI=1S/C16H31N5/c1-6-13(17)10-15-12(2)18-21(5)16(15)20(4)14-8-7-9-19(3)11-14/h13-14H,6-11,17H2,1-5H3. The number of aromatic nitrogens is 2. The number of nitrogens with zero attached hydrogens (tertiary/aromatic N) is 4. The van der Waals surface area contributed by atoms with Gasteiger partial charge in [0.1, 0.15) is 5.82 Å². The summed E-state index contributed by atoms with van der Waals surface area (Å²) in [7, 11) is 6.47. The SMILES string of the molecule is CCC(N)Cc1c(C)nn(C)c1N(C)C1CCCN(C)C1. The van der Waals surface area contributed by atoms with Crippen LogP contribution in [0.1, 0.15) is 37.4 Å². The highest BCUT2D eigenvalue weighted by atomic mass is 15.4. The molecular formula is C16H31N5. The highest BCUT2D eigenvalue weighted by Gasteiger charge is 2.26. The summed E-state index contributed by atoms with van der Waals surface area (Å²) >= 11 is 0. The van der Waals surface area contributed by atoms with Crippen molar-refractivity contribution in [2.24, 2.45) is 12.8 Å². The molecule has 5 heteroatoms. The first-order chi connectivity index (χ1) is 9.93. The lowest BCUT2D eigenvalue weighted by Gasteiger charge is -2.37. The third kappa shape index (κ3) is 3.58. The number of hydrogen-bond acceptors (Lipinski definition) is 4. The molecule has 5 nitrogen and oxygen atoms in total. The fraction of sp³-hybridized carbons (Fsp3) is 0.812. The molecule has 2 heterocycles. The van der Waals surface area contributed by atoms with Gasteiger partial charge in [0.25, 0.3) is 0 Å². The van der Waals surface area contributed by atoms with E-state index in [1.807, 2.05) is 11.7 Å². The average molecular weight is 293 g/mol. The molecule has 21 heavy (non-hydrogen) atoms. The second-order valence-corrected chi connectivity index (χ2v) is 6.55. The van der Waals surface area contributed by atoms with Crippen LogP contribution >= 0.6 is 0 Å². The molecule has 0 amide bonds. The average Bonchev–Trinajstić information content (AvgIpc) is 2.72. The van der Waals surface area contributed by atoms with Gasteiger partial charge in [-0.2, -0.15) is 5.10 Å². The molecule has 0 spiro atoms. The number of rotatable bonds is 5. The summed E-state index contributed by atoms with van der Waals surface area (Å²) in [6, 6.07) is 0.782. The molecular weight excluding hydrogens is 262 g/mol. The number of piperidine rings is 1. The highest BCUT2D eigenvalue weighted by Crippen LogP contribution is 2.27. The van der Waals surface area contributed by atoms with Gasteiger partial charge in [0.15, 0.2) is 0 Å². The number of hydrogen-bond donors (Lipinski definition) is 1. The van der Waals surface area contributed by atoms with Crippen LogP contribution in [0.2, 0.25) is 0 Å². The van der Waals surface area contributed by atoms with Crippen LogP contribution < -0.4 is 10.6 Å². The maximum absolute atomic E-state index is 6.19. The van der Waals surface area contributed by atoms with Crippen LogP contribution in [0, 0.1) is 6.92 Å². The largest absolute Gasteiger partial charge is 0.355 e. The Morgan fingerprint density at radius 2 is 2.14 bits per heavy atom. The van der Waals surface area contributed by atoms with Crippen LogP contribution in [0.5, 0.6) is 0 Å². The normalized spacial score (nSPS) is 21.5. The van der Waals surface area contributed by atoms with E-state index in [9.17, 15) is 0 Å². The summed E-state index contributed by atoms with van der Waals surface area (Å²) in [5.74, 6) is 1.25. The Morgan fingerprint density at radius 3 is 2.76 bits per heavy atom. The van der Waals surface area contributed by atoms with E-state index >= 15 is 0 Å². The van der Waals surface area contributed by atoms with Gasteiger partial charge in [-0.05, 0) is 46.2 Å². The Balaban J connectivity index is 2.24. The molecule has 2 rings (SSSR count). The van der Waals surface area contributed by atoms with Crippen molar-refractivity contribution in [2.75, 3.05) is 32.1 Å². The van der Waals surface area contributed by atoms with Crippen LogP contribution in [0.15, 0.2) is 0 Å². The number of anilines is 1. The fourth-order valence-electron chi connectivity index (χ4n) is 3.40. The smallest absolute Gasteiger partial charge is 0.130 e. The molecule has 1 aromatic rings. The highest BCUT2D eigenvalue weighted by molar-refractivity contribution is 5.51. The van der Waals surface area contributed by atoms with Gasteiger partial charge in [0.2, 0.25) is 0 Å². The topological polar surface area (TPSA) is 50.3 Å². The van der Waals surface area contributed by atoms with E-state index in [0.717, 1.165) is 25.1 Å². The van der Waals surface area contributed by atoms with E-state index in [1.165, 1.54) is 30.8 Å². The van der Waals surface area contributed by atoms with Crippen molar-refractivity contribution in [2.45, 2.75) is 51.6 Å². The van der Waals surface area contributed by atoms with Crippen molar-refractivity contribution in [3.05, 3.63) is 11.3 Å². The maximum atomic E-state index is 6.19. The molecule has 120 valence electrons. The summed E-state index contributed by atoms with van der Waals surface area (Å²) in [4.78, 5) is 4.85. The minimum Gasteiger partial charge on any atom is -0.355 e. The maximum Gasteiger partial charge on any atom is 0.130 e. The number of nitrogens with two attached hydrogens (primary N) is 1. The van der Waals surface area contributed by atoms with E-state index in [4.69, 9.17) is 5.73 Å². The predicted octanol–water partition coefficient (Wildman–Crippen LogP) is 1.54. The van der Waals surface area contributed by atoms with Gasteiger partial charge >= 0.3 is 0 Å². The van der Waals surface area contributed by atoms with E-state index < -0.39 is 0 Å². The molecule has 0 aromatic carbocycles. The Bertz CT molecular complexity index is 467. The van der Waals surface area contributed by atoms with E-state index in [1.54, 1.807) is 0 Å². The first kappa shape index (κ1) is 16.3. The van der Waals surface area contributed by atoms with Gasteiger partial charge in [-0.1, -0.05) is 6.92 Å². The lowest BCUT2D eigenvalue weighted by atomic mass is 10.0. The first-order valence-electron chi connectivity index (χ1n) is 8.13. The zero-order chi connectivity index (χ0) is 15.6. The molecule has 2 unspecified atom stereocenters. The second kappa shape index (κ2) is 6.79. The Hall–Kier alpha value is -1.07. The zero-order valence-electron chi connectivity index (χ0n) is 14.3. The molecule has 0 saturated carbocycles. The first-order valence-corrected chi connectivity index (χ1v) is 8.13. The molecule has 0 bridgehead atoms. The Labute approximate surface area is 129 Å². The third-order valence-electron chi connectivity index (χ3n) is 4.79. The summed E-state index contributed by atoms with van der Waals surface area (Å²) < 4.78 is 2.03. The van der Waals surface area contributed by atoms with Gasteiger partial charge in [-0.15, -0.1) is 0 Å². The molecule has 1 aliphatic rings. The van der Waals surface area contributed by atoms with Gasteiger partial charge < -0.3 is 15.5 Å². The lowest BCUT2D eigenvalue weighted by molar-refractivity contribution is 0.247.